The van der Waals surface area contributed by atoms with Crippen LogP contribution in [0.5, 0.6) is 0 Å². The van der Waals surface area contributed by atoms with Crippen molar-refractivity contribution in [2.45, 2.75) is 6.42 Å². The molecule has 1 amide bonds. The van der Waals surface area contributed by atoms with Crippen LogP contribution in [-0.2, 0) is 11.2 Å². The molecule has 0 radical (unpaired) electrons. The average molecular weight is 369 g/mol. The summed E-state index contributed by atoms with van der Waals surface area (Å²) < 4.78 is 13.7. The Morgan fingerprint density at radius 3 is 2.46 bits per heavy atom. The molecule has 3 aromatic carbocycles. The summed E-state index contributed by atoms with van der Waals surface area (Å²) in [5.41, 5.74) is 3.12. The summed E-state index contributed by atoms with van der Waals surface area (Å²) in [5.74, 6) is -0.712. The largest absolute Gasteiger partial charge is 0.374 e. The molecular formula is C21H18ClFN2O. The fourth-order valence-electron chi connectivity index (χ4n) is 2.62. The van der Waals surface area contributed by atoms with Crippen LogP contribution in [-0.4, -0.2) is 12.5 Å². The van der Waals surface area contributed by atoms with Crippen molar-refractivity contribution in [3.63, 3.8) is 0 Å². The van der Waals surface area contributed by atoms with Gasteiger partial charge in [-0.05, 0) is 41.8 Å². The van der Waals surface area contributed by atoms with Crippen LogP contribution in [0.4, 0.5) is 15.8 Å². The summed E-state index contributed by atoms with van der Waals surface area (Å²) in [4.78, 5) is 12.3. The van der Waals surface area contributed by atoms with E-state index >= 15 is 0 Å². The molecule has 0 heterocycles. The third kappa shape index (κ3) is 4.83. The molecule has 0 fully saturated rings. The molecule has 0 saturated heterocycles. The second-order valence-electron chi connectivity index (χ2n) is 5.85. The summed E-state index contributed by atoms with van der Waals surface area (Å²) >= 11 is 5.85. The summed E-state index contributed by atoms with van der Waals surface area (Å²) in [7, 11) is 0. The standard InChI is InChI=1S/C21H18ClFN2O/c22-17-10-11-18(23)20(13-17)24-14-21(26)25-19-9-5-4-8-16(19)12-15-6-2-1-3-7-15/h1-11,13,24H,12,14H2,(H,25,26). The van der Waals surface area contributed by atoms with Gasteiger partial charge in [-0.2, -0.15) is 0 Å². The Hall–Kier alpha value is -2.85. The molecular weight excluding hydrogens is 351 g/mol. The van der Waals surface area contributed by atoms with Crippen LogP contribution in [0, 0.1) is 5.82 Å². The first kappa shape index (κ1) is 18.0. The summed E-state index contributed by atoms with van der Waals surface area (Å²) in [6.07, 6.45) is 0.716. The SMILES string of the molecule is O=C(CNc1cc(Cl)ccc1F)Nc1ccccc1Cc1ccccc1. The zero-order chi connectivity index (χ0) is 18.4. The highest BCUT2D eigenvalue weighted by molar-refractivity contribution is 6.30. The van der Waals surface area contributed by atoms with Gasteiger partial charge < -0.3 is 10.6 Å². The van der Waals surface area contributed by atoms with Gasteiger partial charge in [0.05, 0.1) is 12.2 Å². The first-order valence-corrected chi connectivity index (χ1v) is 8.60. The zero-order valence-electron chi connectivity index (χ0n) is 14.0. The molecule has 0 unspecified atom stereocenters. The highest BCUT2D eigenvalue weighted by Crippen LogP contribution is 2.21. The van der Waals surface area contributed by atoms with Gasteiger partial charge in [-0.1, -0.05) is 60.1 Å². The number of hydrogen-bond acceptors (Lipinski definition) is 2. The lowest BCUT2D eigenvalue weighted by Crippen LogP contribution is -2.22. The predicted octanol–water partition coefficient (Wildman–Crippen LogP) is 5.12. The van der Waals surface area contributed by atoms with Crippen LogP contribution in [0.2, 0.25) is 5.02 Å². The van der Waals surface area contributed by atoms with Crippen LogP contribution >= 0.6 is 11.6 Å². The van der Waals surface area contributed by atoms with Gasteiger partial charge in [-0.25, -0.2) is 4.39 Å². The fourth-order valence-corrected chi connectivity index (χ4v) is 2.79. The van der Waals surface area contributed by atoms with E-state index in [0.29, 0.717) is 11.4 Å². The number of hydrogen-bond donors (Lipinski definition) is 2. The Morgan fingerprint density at radius 1 is 0.923 bits per heavy atom. The Morgan fingerprint density at radius 2 is 1.65 bits per heavy atom. The Balaban J connectivity index is 1.65. The number of carbonyl (C=O) groups excluding carboxylic acids is 1. The number of nitrogens with one attached hydrogen (secondary N) is 2. The van der Waals surface area contributed by atoms with Crippen LogP contribution in [0.15, 0.2) is 72.8 Å². The number of carbonyl (C=O) groups is 1. The van der Waals surface area contributed by atoms with E-state index in [1.807, 2.05) is 54.6 Å². The molecule has 3 nitrogen and oxygen atoms in total. The lowest BCUT2D eigenvalue weighted by molar-refractivity contribution is -0.114. The number of halogens is 2. The lowest BCUT2D eigenvalue weighted by Gasteiger charge is -2.12. The van der Waals surface area contributed by atoms with E-state index in [1.54, 1.807) is 0 Å². The maximum atomic E-state index is 13.7. The van der Waals surface area contributed by atoms with E-state index in [2.05, 4.69) is 10.6 Å². The summed E-state index contributed by atoms with van der Waals surface area (Å²) in [6.45, 7) is -0.0586. The first-order valence-electron chi connectivity index (χ1n) is 8.22. The molecule has 0 atom stereocenters. The van der Waals surface area contributed by atoms with Crippen molar-refractivity contribution >= 4 is 28.9 Å². The smallest absolute Gasteiger partial charge is 0.243 e. The van der Waals surface area contributed by atoms with Gasteiger partial charge in [0.1, 0.15) is 5.82 Å². The number of rotatable bonds is 6. The van der Waals surface area contributed by atoms with E-state index in [4.69, 9.17) is 11.6 Å². The Labute approximate surface area is 156 Å². The molecule has 26 heavy (non-hydrogen) atoms. The van der Waals surface area contributed by atoms with Crippen LogP contribution in [0.3, 0.4) is 0 Å². The second kappa shape index (κ2) is 8.50. The minimum atomic E-state index is -0.452. The zero-order valence-corrected chi connectivity index (χ0v) is 14.8. The van der Waals surface area contributed by atoms with Crippen molar-refractivity contribution in [2.75, 3.05) is 17.2 Å². The third-order valence-corrected chi connectivity index (χ3v) is 4.13. The van der Waals surface area contributed by atoms with Crippen molar-refractivity contribution < 1.29 is 9.18 Å². The van der Waals surface area contributed by atoms with Crippen molar-refractivity contribution in [3.05, 3.63) is 94.8 Å². The molecule has 0 bridgehead atoms. The van der Waals surface area contributed by atoms with Crippen molar-refractivity contribution in [1.82, 2.24) is 0 Å². The minimum absolute atomic E-state index is 0.0586. The number of para-hydroxylation sites is 1. The maximum absolute atomic E-state index is 13.7. The molecule has 3 aromatic rings. The number of amides is 1. The topological polar surface area (TPSA) is 41.1 Å². The van der Waals surface area contributed by atoms with E-state index in [9.17, 15) is 9.18 Å². The highest BCUT2D eigenvalue weighted by Gasteiger charge is 2.09. The van der Waals surface area contributed by atoms with Gasteiger partial charge in [-0.15, -0.1) is 0 Å². The van der Waals surface area contributed by atoms with E-state index in [1.165, 1.54) is 18.2 Å². The minimum Gasteiger partial charge on any atom is -0.374 e. The molecule has 5 heteroatoms. The molecule has 3 rings (SSSR count). The first-order chi connectivity index (χ1) is 12.6. The third-order valence-electron chi connectivity index (χ3n) is 3.90. The monoisotopic (exact) mass is 368 g/mol. The van der Waals surface area contributed by atoms with Gasteiger partial charge in [0, 0.05) is 10.7 Å². The summed E-state index contributed by atoms with van der Waals surface area (Å²) in [6, 6.07) is 21.8. The molecule has 0 spiro atoms. The van der Waals surface area contributed by atoms with Gasteiger partial charge >= 0.3 is 0 Å². The maximum Gasteiger partial charge on any atom is 0.243 e. The van der Waals surface area contributed by atoms with Gasteiger partial charge in [-0.3, -0.25) is 4.79 Å². The predicted molar refractivity (Wildman–Crippen MR) is 104 cm³/mol. The molecule has 0 saturated carbocycles. The van der Waals surface area contributed by atoms with Crippen LogP contribution in [0.25, 0.3) is 0 Å². The molecule has 132 valence electrons. The van der Waals surface area contributed by atoms with E-state index in [0.717, 1.165) is 16.8 Å². The second-order valence-corrected chi connectivity index (χ2v) is 6.28. The van der Waals surface area contributed by atoms with Crippen molar-refractivity contribution in [3.8, 4) is 0 Å². The van der Waals surface area contributed by atoms with Crippen molar-refractivity contribution in [1.29, 1.82) is 0 Å². The van der Waals surface area contributed by atoms with E-state index < -0.39 is 5.82 Å². The molecule has 0 aromatic heterocycles. The Kier molecular flexibility index (Phi) is 5.87. The molecule has 2 N–H and O–H groups in total. The quantitative estimate of drug-likeness (QED) is 0.634. The van der Waals surface area contributed by atoms with Gasteiger partial charge in [0.15, 0.2) is 0 Å². The van der Waals surface area contributed by atoms with Crippen molar-refractivity contribution in [2.24, 2.45) is 0 Å². The normalized spacial score (nSPS) is 10.4. The fraction of sp³-hybridized carbons (Fsp3) is 0.0952. The van der Waals surface area contributed by atoms with E-state index in [-0.39, 0.29) is 18.1 Å². The van der Waals surface area contributed by atoms with Gasteiger partial charge in [0.2, 0.25) is 5.91 Å². The van der Waals surface area contributed by atoms with Gasteiger partial charge in [0.25, 0.3) is 0 Å². The molecule has 0 aliphatic carbocycles. The number of anilines is 2. The molecule has 0 aliphatic rings. The number of benzene rings is 3. The summed E-state index contributed by atoms with van der Waals surface area (Å²) in [5, 5.41) is 6.05. The molecule has 0 aliphatic heterocycles. The van der Waals surface area contributed by atoms with Crippen LogP contribution < -0.4 is 10.6 Å². The average Bonchev–Trinajstić information content (AvgIpc) is 2.65. The van der Waals surface area contributed by atoms with Crippen LogP contribution in [0.1, 0.15) is 11.1 Å². The Bertz CT molecular complexity index is 900. The highest BCUT2D eigenvalue weighted by atomic mass is 35.5. The lowest BCUT2D eigenvalue weighted by atomic mass is 10.0.